The van der Waals surface area contributed by atoms with E-state index in [2.05, 4.69) is 57.4 Å². The Hall–Kier alpha value is -2.33. The molecule has 0 heterocycles. The van der Waals surface area contributed by atoms with E-state index in [0.717, 1.165) is 36.2 Å². The second kappa shape index (κ2) is 20.5. The lowest BCUT2D eigenvalue weighted by atomic mass is 10.0. The summed E-state index contributed by atoms with van der Waals surface area (Å²) in [7, 11) is 4.42. The van der Waals surface area contributed by atoms with Crippen LogP contribution in [-0.2, 0) is 22.5 Å². The Morgan fingerprint density at radius 2 is 1.32 bits per heavy atom. The zero-order chi connectivity index (χ0) is 28.9. The van der Waals surface area contributed by atoms with Crippen molar-refractivity contribution in [3.8, 4) is 5.75 Å². The van der Waals surface area contributed by atoms with Gasteiger partial charge in [0.25, 0.3) is 0 Å². The van der Waals surface area contributed by atoms with E-state index in [-0.39, 0.29) is 18.7 Å². The summed E-state index contributed by atoms with van der Waals surface area (Å²) >= 11 is 0. The van der Waals surface area contributed by atoms with E-state index in [1.165, 1.54) is 88.2 Å². The highest BCUT2D eigenvalue weighted by Gasteiger charge is 2.17. The Labute approximate surface area is 246 Å². The van der Waals surface area contributed by atoms with Crippen LogP contribution in [0, 0.1) is 0 Å². The molecule has 0 fully saturated rings. The average molecular weight is 553 g/mol. The Morgan fingerprint density at radius 1 is 0.750 bits per heavy atom. The molecule has 0 aliphatic heterocycles. The van der Waals surface area contributed by atoms with Gasteiger partial charge in [-0.25, -0.2) is 0 Å². The Balaban J connectivity index is 1.57. The number of aryl methyl sites for hydroxylation is 1. The third-order valence-electron chi connectivity index (χ3n) is 7.68. The number of quaternary nitrogens is 1. The van der Waals surface area contributed by atoms with Crippen molar-refractivity contribution in [1.29, 1.82) is 0 Å². The number of rotatable bonds is 23. The number of hydrogen-bond acceptors (Lipinski definition) is 3. The van der Waals surface area contributed by atoms with Crippen molar-refractivity contribution in [2.75, 3.05) is 27.2 Å². The van der Waals surface area contributed by atoms with Gasteiger partial charge in [0.1, 0.15) is 25.0 Å². The minimum atomic E-state index is -0.169. The van der Waals surface area contributed by atoms with Crippen LogP contribution in [0.5, 0.6) is 5.75 Å². The molecule has 0 aromatic heterocycles. The van der Waals surface area contributed by atoms with Gasteiger partial charge in [-0.2, -0.15) is 0 Å². The molecule has 40 heavy (non-hydrogen) atoms. The van der Waals surface area contributed by atoms with E-state index >= 15 is 0 Å². The first-order valence-electron chi connectivity index (χ1n) is 16.2. The molecule has 2 rings (SSSR count). The highest BCUT2D eigenvalue weighted by atomic mass is 16.6. The Kier molecular flexibility index (Phi) is 17.4. The molecule has 0 N–H and O–H groups in total. The number of hydrogen-bond donors (Lipinski definition) is 0. The lowest BCUT2D eigenvalue weighted by molar-refractivity contribution is -0.903. The van der Waals surface area contributed by atoms with E-state index in [4.69, 9.17) is 9.47 Å². The van der Waals surface area contributed by atoms with Crippen LogP contribution in [-0.4, -0.2) is 43.8 Å². The first kappa shape index (κ1) is 33.9. The van der Waals surface area contributed by atoms with Crippen molar-refractivity contribution in [3.05, 3.63) is 65.7 Å². The second-order valence-electron chi connectivity index (χ2n) is 12.3. The highest BCUT2D eigenvalue weighted by molar-refractivity contribution is 5.69. The molecule has 0 saturated heterocycles. The monoisotopic (exact) mass is 552 g/mol. The van der Waals surface area contributed by atoms with Crippen molar-refractivity contribution in [2.24, 2.45) is 0 Å². The fourth-order valence-electron chi connectivity index (χ4n) is 5.32. The molecule has 224 valence electrons. The predicted molar refractivity (Wildman–Crippen MR) is 169 cm³/mol. The van der Waals surface area contributed by atoms with Crippen molar-refractivity contribution < 1.29 is 18.8 Å². The van der Waals surface area contributed by atoms with Crippen LogP contribution >= 0.6 is 0 Å². The van der Waals surface area contributed by atoms with Gasteiger partial charge in [-0.1, -0.05) is 126 Å². The SMILES string of the molecule is CCCCCCCCCCCCCCc1ccccc1OC(C)COC(=O)CCC[N+](C)(C)Cc1ccccc1. The summed E-state index contributed by atoms with van der Waals surface area (Å²) in [5.74, 6) is 0.786. The fraction of sp³-hybridized carbons (Fsp3) is 0.639. The van der Waals surface area contributed by atoms with E-state index in [9.17, 15) is 4.79 Å². The topological polar surface area (TPSA) is 35.5 Å². The maximum atomic E-state index is 12.4. The minimum absolute atomic E-state index is 0.139. The average Bonchev–Trinajstić information content (AvgIpc) is 2.93. The zero-order valence-electron chi connectivity index (χ0n) is 26.2. The van der Waals surface area contributed by atoms with Gasteiger partial charge < -0.3 is 14.0 Å². The third-order valence-corrected chi connectivity index (χ3v) is 7.68. The van der Waals surface area contributed by atoms with Crippen LogP contribution in [0.3, 0.4) is 0 Å². The summed E-state index contributed by atoms with van der Waals surface area (Å²) in [6.07, 6.45) is 18.5. The maximum absolute atomic E-state index is 12.4. The molecule has 4 heteroatoms. The summed E-state index contributed by atoms with van der Waals surface area (Å²) in [6, 6.07) is 18.8. The first-order chi connectivity index (χ1) is 19.4. The van der Waals surface area contributed by atoms with Crippen molar-refractivity contribution in [1.82, 2.24) is 0 Å². The fourth-order valence-corrected chi connectivity index (χ4v) is 5.32. The number of carbonyl (C=O) groups is 1. The number of ether oxygens (including phenoxy) is 2. The quantitative estimate of drug-likeness (QED) is 0.0783. The van der Waals surface area contributed by atoms with Crippen LogP contribution in [0.2, 0.25) is 0 Å². The molecular weight excluding hydrogens is 494 g/mol. The molecular formula is C36H58NO3+. The van der Waals surface area contributed by atoms with Crippen molar-refractivity contribution >= 4 is 5.97 Å². The smallest absolute Gasteiger partial charge is 0.306 e. The Morgan fingerprint density at radius 3 is 1.98 bits per heavy atom. The molecule has 4 nitrogen and oxygen atoms in total. The van der Waals surface area contributed by atoms with E-state index in [0.29, 0.717) is 6.42 Å². The molecule has 2 aromatic carbocycles. The molecule has 0 bridgehead atoms. The number of esters is 1. The molecule has 0 saturated carbocycles. The van der Waals surface area contributed by atoms with Crippen LogP contribution in [0.1, 0.15) is 115 Å². The molecule has 2 aromatic rings. The van der Waals surface area contributed by atoms with E-state index in [1.54, 1.807) is 0 Å². The van der Waals surface area contributed by atoms with Gasteiger partial charge in [0.15, 0.2) is 0 Å². The second-order valence-corrected chi connectivity index (χ2v) is 12.3. The summed E-state index contributed by atoms with van der Waals surface area (Å²) in [5, 5.41) is 0. The number of nitrogens with zero attached hydrogens (tertiary/aromatic N) is 1. The third kappa shape index (κ3) is 16.1. The van der Waals surface area contributed by atoms with Crippen LogP contribution < -0.4 is 4.74 Å². The number of benzene rings is 2. The van der Waals surface area contributed by atoms with Crippen molar-refractivity contribution in [2.45, 2.75) is 123 Å². The number of carbonyl (C=O) groups excluding carboxylic acids is 1. The van der Waals surface area contributed by atoms with Gasteiger partial charge in [-0.05, 0) is 31.4 Å². The highest BCUT2D eigenvalue weighted by Crippen LogP contribution is 2.22. The summed E-state index contributed by atoms with van der Waals surface area (Å²) in [5.41, 5.74) is 2.58. The molecule has 0 radical (unpaired) electrons. The van der Waals surface area contributed by atoms with Gasteiger partial charge in [0, 0.05) is 12.0 Å². The maximum Gasteiger partial charge on any atom is 0.306 e. The molecule has 1 atom stereocenters. The summed E-state index contributed by atoms with van der Waals surface area (Å²) in [4.78, 5) is 12.4. The standard InChI is InChI=1S/C36H58NO3/c1-5-6-7-8-9-10-11-12-13-14-15-19-25-34-26-20-21-27-35(34)40-32(2)31-39-36(38)28-22-29-37(3,4)30-33-23-17-16-18-24-33/h16-18,20-21,23-24,26-27,32H,5-15,19,22,25,28-31H2,1-4H3/q+1. The zero-order valence-corrected chi connectivity index (χ0v) is 26.2. The molecule has 1 unspecified atom stereocenters. The molecule has 0 aliphatic carbocycles. The van der Waals surface area contributed by atoms with Crippen LogP contribution in [0.25, 0.3) is 0 Å². The van der Waals surface area contributed by atoms with Crippen molar-refractivity contribution in [3.63, 3.8) is 0 Å². The first-order valence-corrected chi connectivity index (χ1v) is 16.2. The molecule has 0 aliphatic rings. The lowest BCUT2D eigenvalue weighted by Gasteiger charge is -2.29. The van der Waals surface area contributed by atoms with Gasteiger partial charge >= 0.3 is 5.97 Å². The van der Waals surface area contributed by atoms with Gasteiger partial charge in [-0.3, -0.25) is 4.79 Å². The summed E-state index contributed by atoms with van der Waals surface area (Å²) < 4.78 is 12.6. The summed E-state index contributed by atoms with van der Waals surface area (Å²) in [6.45, 7) is 6.44. The van der Waals surface area contributed by atoms with Gasteiger partial charge in [0.2, 0.25) is 0 Å². The number of para-hydroxylation sites is 1. The number of unbranched alkanes of at least 4 members (excludes halogenated alkanes) is 11. The van der Waals surface area contributed by atoms with Crippen LogP contribution in [0.4, 0.5) is 0 Å². The van der Waals surface area contributed by atoms with Crippen LogP contribution in [0.15, 0.2) is 54.6 Å². The normalized spacial score (nSPS) is 12.3. The van der Waals surface area contributed by atoms with Gasteiger partial charge in [-0.15, -0.1) is 0 Å². The molecule has 0 spiro atoms. The van der Waals surface area contributed by atoms with E-state index < -0.39 is 0 Å². The Bertz CT molecular complexity index is 911. The van der Waals surface area contributed by atoms with E-state index in [1.807, 2.05) is 25.1 Å². The van der Waals surface area contributed by atoms with Gasteiger partial charge in [0.05, 0.1) is 27.1 Å². The minimum Gasteiger partial charge on any atom is -0.487 e. The lowest BCUT2D eigenvalue weighted by Crippen LogP contribution is -2.39. The predicted octanol–water partition coefficient (Wildman–Crippen LogP) is 9.30. The largest absolute Gasteiger partial charge is 0.487 e. The molecule has 0 amide bonds.